The Hall–Kier alpha value is -3.74. The number of hydrogen-bond donors (Lipinski definition) is 4. The summed E-state index contributed by atoms with van der Waals surface area (Å²) in [6.07, 6.45) is 3.09. The van der Waals surface area contributed by atoms with Gasteiger partial charge in [0.15, 0.2) is 0 Å². The third kappa shape index (κ3) is 5.28. The molecule has 0 bridgehead atoms. The molecule has 2 aromatic carbocycles. The topological polar surface area (TPSA) is 151 Å². The van der Waals surface area contributed by atoms with Crippen LogP contribution >= 0.6 is 11.8 Å². The summed E-state index contributed by atoms with van der Waals surface area (Å²) >= 11 is 1.45. The number of aryl methyl sites for hydroxylation is 1. The first-order valence-electron chi connectivity index (χ1n) is 12.0. The van der Waals surface area contributed by atoms with E-state index in [1.807, 2.05) is 49.4 Å². The fraction of sp³-hybridized carbons (Fsp3) is 0.231. The first kappa shape index (κ1) is 25.9. The van der Waals surface area contributed by atoms with E-state index in [2.05, 4.69) is 30.3 Å². The van der Waals surface area contributed by atoms with Gasteiger partial charge >= 0.3 is 0 Å². The van der Waals surface area contributed by atoms with Crippen molar-refractivity contribution < 1.29 is 13.2 Å². The number of nitrogens with two attached hydrogens (primary N) is 1. The van der Waals surface area contributed by atoms with Gasteiger partial charge in [-0.1, -0.05) is 24.3 Å². The summed E-state index contributed by atoms with van der Waals surface area (Å²) < 4.78 is 26.2. The van der Waals surface area contributed by atoms with Crippen LogP contribution in [0.25, 0.3) is 10.8 Å². The van der Waals surface area contributed by atoms with Crippen LogP contribution in [0.15, 0.2) is 69.6 Å². The van der Waals surface area contributed by atoms with Crippen LogP contribution in [0.5, 0.6) is 0 Å². The number of aromatic nitrogens is 1. The Kier molecular flexibility index (Phi) is 7.19. The van der Waals surface area contributed by atoms with Gasteiger partial charge in [0.05, 0.1) is 16.7 Å². The van der Waals surface area contributed by atoms with Crippen molar-refractivity contribution in [1.29, 1.82) is 0 Å². The van der Waals surface area contributed by atoms with Crippen molar-refractivity contribution in [3.63, 3.8) is 0 Å². The molecule has 0 saturated heterocycles. The van der Waals surface area contributed by atoms with Crippen molar-refractivity contribution in [1.82, 2.24) is 9.71 Å². The van der Waals surface area contributed by atoms with E-state index in [9.17, 15) is 13.2 Å². The highest BCUT2D eigenvalue weighted by Crippen LogP contribution is 2.37. The van der Waals surface area contributed by atoms with Crippen molar-refractivity contribution in [2.24, 2.45) is 15.7 Å². The minimum atomic E-state index is -3.29. The van der Waals surface area contributed by atoms with E-state index in [1.54, 1.807) is 18.5 Å². The first-order valence-corrected chi connectivity index (χ1v) is 14.6. The number of aliphatic imine (C=N–C) groups is 2. The fourth-order valence-electron chi connectivity index (χ4n) is 4.28. The highest BCUT2D eigenvalue weighted by molar-refractivity contribution is 8.03. The van der Waals surface area contributed by atoms with Gasteiger partial charge in [0.1, 0.15) is 24.0 Å². The van der Waals surface area contributed by atoms with Crippen molar-refractivity contribution >= 4 is 67.8 Å². The molecular formula is C26H27N7O3S2. The molecule has 5 N–H and O–H groups in total. The second-order valence-corrected chi connectivity index (χ2v) is 12.0. The van der Waals surface area contributed by atoms with E-state index in [0.717, 1.165) is 27.6 Å². The Balaban J connectivity index is 1.39. The van der Waals surface area contributed by atoms with E-state index >= 15 is 0 Å². The summed E-state index contributed by atoms with van der Waals surface area (Å²) in [5.74, 6) is 0.863. The van der Waals surface area contributed by atoms with Crippen LogP contribution in [0, 0.1) is 6.92 Å². The lowest BCUT2D eigenvalue weighted by atomic mass is 10.0. The Morgan fingerprint density at radius 3 is 2.82 bits per heavy atom. The molecule has 0 fully saturated rings. The molecule has 0 spiro atoms. The van der Waals surface area contributed by atoms with E-state index < -0.39 is 10.0 Å². The molecule has 0 radical (unpaired) electrons. The van der Waals surface area contributed by atoms with Crippen molar-refractivity contribution in [3.8, 4) is 0 Å². The Labute approximate surface area is 225 Å². The maximum absolute atomic E-state index is 13.3. The van der Waals surface area contributed by atoms with Gasteiger partial charge < -0.3 is 16.4 Å². The molecule has 12 heteroatoms. The number of amidine groups is 1. The van der Waals surface area contributed by atoms with Crippen LogP contribution in [0.4, 0.5) is 17.2 Å². The summed E-state index contributed by atoms with van der Waals surface area (Å²) in [6, 6.07) is 12.9. The minimum Gasteiger partial charge on any atom is -0.386 e. The van der Waals surface area contributed by atoms with Crippen LogP contribution in [0.3, 0.4) is 0 Å². The monoisotopic (exact) mass is 549 g/mol. The molecule has 196 valence electrons. The lowest BCUT2D eigenvalue weighted by Gasteiger charge is -2.20. The lowest BCUT2D eigenvalue weighted by Crippen LogP contribution is -2.38. The molecule has 10 nitrogen and oxygen atoms in total. The predicted molar refractivity (Wildman–Crippen MR) is 154 cm³/mol. The van der Waals surface area contributed by atoms with Crippen LogP contribution in [0.1, 0.15) is 18.1 Å². The number of nitrogens with one attached hydrogen (secondary N) is 3. The summed E-state index contributed by atoms with van der Waals surface area (Å²) in [5, 5.41) is 9.71. The molecule has 2 unspecified atom stereocenters. The second kappa shape index (κ2) is 10.6. The highest BCUT2D eigenvalue weighted by Gasteiger charge is 2.37. The molecule has 2 aliphatic rings. The third-order valence-corrected chi connectivity index (χ3v) is 8.92. The molecule has 1 amide bonds. The van der Waals surface area contributed by atoms with E-state index in [4.69, 9.17) is 5.73 Å². The molecule has 0 aliphatic carbocycles. The van der Waals surface area contributed by atoms with E-state index in [-0.39, 0.29) is 29.5 Å². The zero-order valence-corrected chi connectivity index (χ0v) is 22.4. The van der Waals surface area contributed by atoms with E-state index in [0.29, 0.717) is 22.9 Å². The maximum Gasteiger partial charge on any atom is 0.254 e. The standard InChI is InChI=1S/C26H27N7O3S2/c1-3-38(35,36)31-12-16-5-4-6-17(11-16)32-25-19-8-7-15(2)21(18(19)9-10-28-25)33-26(34)20-13-37-23-22(20)29-14-30-24(23)27/h4-11,13-14,22-23,31H,3,12H2,1-2H3,(H,28,32)(H,33,34)(H2,27,29,30). The van der Waals surface area contributed by atoms with Crippen LogP contribution in [-0.4, -0.2) is 48.5 Å². The number of nitrogens with zero attached hydrogens (tertiary/aromatic N) is 3. The number of hydrogen-bond acceptors (Lipinski definition) is 9. The summed E-state index contributed by atoms with van der Waals surface area (Å²) in [7, 11) is -3.29. The molecule has 2 atom stereocenters. The maximum atomic E-state index is 13.3. The summed E-state index contributed by atoms with van der Waals surface area (Å²) in [4.78, 5) is 26.3. The van der Waals surface area contributed by atoms with Crippen molar-refractivity contribution in [3.05, 3.63) is 70.8 Å². The molecule has 38 heavy (non-hydrogen) atoms. The van der Waals surface area contributed by atoms with Gasteiger partial charge in [0.2, 0.25) is 10.0 Å². The quantitative estimate of drug-likeness (QED) is 0.336. The van der Waals surface area contributed by atoms with Crippen LogP contribution in [0.2, 0.25) is 0 Å². The van der Waals surface area contributed by atoms with Gasteiger partial charge in [0, 0.05) is 34.8 Å². The number of amides is 1. The number of rotatable bonds is 8. The summed E-state index contributed by atoms with van der Waals surface area (Å²) in [6.45, 7) is 3.73. The molecule has 3 aromatic rings. The Morgan fingerprint density at radius 2 is 2.00 bits per heavy atom. The number of pyridine rings is 1. The average molecular weight is 550 g/mol. The summed E-state index contributed by atoms with van der Waals surface area (Å²) in [5.41, 5.74) is 9.72. The Bertz CT molecular complexity index is 1620. The number of thioether (sulfide) groups is 1. The van der Waals surface area contributed by atoms with Gasteiger partial charge in [0.25, 0.3) is 5.91 Å². The molecule has 2 aliphatic heterocycles. The SMILES string of the molecule is CCS(=O)(=O)NCc1cccc(Nc2nccc3c(NC(=O)C4=CSC5C(N)=NC=NC45)c(C)ccc23)c1. The molecule has 1 aromatic heterocycles. The number of anilines is 3. The van der Waals surface area contributed by atoms with Gasteiger partial charge in [-0.15, -0.1) is 11.8 Å². The van der Waals surface area contributed by atoms with Gasteiger partial charge in [-0.3, -0.25) is 9.79 Å². The number of carbonyl (C=O) groups is 1. The van der Waals surface area contributed by atoms with Gasteiger partial charge in [-0.05, 0) is 48.6 Å². The molecule has 0 saturated carbocycles. The fourth-order valence-corrected chi connectivity index (χ4v) is 5.98. The number of sulfonamides is 1. The predicted octanol–water partition coefficient (Wildman–Crippen LogP) is 3.43. The first-order chi connectivity index (χ1) is 18.3. The zero-order chi connectivity index (χ0) is 26.9. The molecular weight excluding hydrogens is 522 g/mol. The lowest BCUT2D eigenvalue weighted by molar-refractivity contribution is -0.113. The van der Waals surface area contributed by atoms with Gasteiger partial charge in [-0.25, -0.2) is 23.1 Å². The molecule has 5 rings (SSSR count). The average Bonchev–Trinajstić information content (AvgIpc) is 3.35. The smallest absolute Gasteiger partial charge is 0.254 e. The van der Waals surface area contributed by atoms with Crippen molar-refractivity contribution in [2.45, 2.75) is 31.7 Å². The third-order valence-electron chi connectivity index (χ3n) is 6.39. The zero-order valence-electron chi connectivity index (χ0n) is 20.8. The minimum absolute atomic E-state index is 0.0238. The van der Waals surface area contributed by atoms with E-state index in [1.165, 1.54) is 18.1 Å². The van der Waals surface area contributed by atoms with Crippen LogP contribution in [-0.2, 0) is 21.4 Å². The van der Waals surface area contributed by atoms with Crippen LogP contribution < -0.4 is 21.1 Å². The highest BCUT2D eigenvalue weighted by atomic mass is 32.2. The Morgan fingerprint density at radius 1 is 1.16 bits per heavy atom. The number of benzene rings is 2. The normalized spacial score (nSPS) is 18.6. The number of carbonyl (C=O) groups excluding carboxylic acids is 1. The second-order valence-electron chi connectivity index (χ2n) is 8.91. The molecule has 3 heterocycles. The van der Waals surface area contributed by atoms with Crippen molar-refractivity contribution in [2.75, 3.05) is 16.4 Å². The van der Waals surface area contributed by atoms with Gasteiger partial charge in [-0.2, -0.15) is 0 Å². The number of fused-ring (bicyclic) bond motifs is 2. The largest absolute Gasteiger partial charge is 0.386 e.